The summed E-state index contributed by atoms with van der Waals surface area (Å²) in [7, 11) is -16.9. The molecule has 1 aliphatic rings. The van der Waals surface area contributed by atoms with E-state index in [1.165, 1.54) is 10.8 Å². The lowest BCUT2D eigenvalue weighted by Crippen LogP contribution is -2.36. The topological polar surface area (TPSA) is 284 Å². The highest BCUT2D eigenvalue weighted by Gasteiger charge is 2.44. The zero-order valence-electron chi connectivity index (χ0n) is 21.5. The highest BCUT2D eigenvalue weighted by molar-refractivity contribution is 7.66. The van der Waals surface area contributed by atoms with E-state index in [1.807, 2.05) is 0 Å². The molecule has 0 saturated carbocycles. The molecule has 0 aliphatic carbocycles. The van der Waals surface area contributed by atoms with E-state index in [0.717, 1.165) is 0 Å². The van der Waals surface area contributed by atoms with E-state index in [-0.39, 0.29) is 35.6 Å². The lowest BCUT2D eigenvalue weighted by Gasteiger charge is -2.21. The van der Waals surface area contributed by atoms with Crippen LogP contribution in [0.1, 0.15) is 25.1 Å². The van der Waals surface area contributed by atoms with E-state index in [4.69, 9.17) is 25.0 Å². The first-order valence-corrected chi connectivity index (χ1v) is 16.0. The quantitative estimate of drug-likeness (QED) is 0.124. The maximum Gasteiger partial charge on any atom is 0.490 e. The molecule has 0 spiro atoms. The van der Waals surface area contributed by atoms with Crippen molar-refractivity contribution < 1.29 is 73.9 Å². The van der Waals surface area contributed by atoms with Crippen LogP contribution in [0.2, 0.25) is 0 Å². The van der Waals surface area contributed by atoms with Crippen LogP contribution in [-0.4, -0.2) is 78.2 Å². The number of nitrogens with zero attached hydrogens (tertiary/aromatic N) is 2. The summed E-state index contributed by atoms with van der Waals surface area (Å²) in [4.78, 5) is 66.3. The summed E-state index contributed by atoms with van der Waals surface area (Å²) in [6.45, 7) is 0.140. The Balaban J connectivity index is 1.84. The van der Waals surface area contributed by atoms with Crippen LogP contribution >= 0.6 is 23.5 Å². The molecule has 2 aromatic heterocycles. The first-order valence-electron chi connectivity index (χ1n) is 11.5. The number of fused-ring (bicyclic) bond motifs is 1. The van der Waals surface area contributed by atoms with Crippen LogP contribution in [0.15, 0.2) is 11.0 Å². The number of rotatable bonds is 11. The number of hydrogen-bond acceptors (Lipinski definition) is 12. The molecular formula is C18H23F3N5O14P3. The van der Waals surface area contributed by atoms with Gasteiger partial charge in [0.05, 0.1) is 30.2 Å². The first kappa shape index (κ1) is 34.9. The molecule has 2 aromatic rings. The Labute approximate surface area is 237 Å². The van der Waals surface area contributed by atoms with Gasteiger partial charge in [0, 0.05) is 19.2 Å². The largest absolute Gasteiger partial charge is 0.490 e. The summed E-state index contributed by atoms with van der Waals surface area (Å²) in [5.74, 6) is 2.20. The summed E-state index contributed by atoms with van der Waals surface area (Å²) in [5, 5.41) is 1.41. The molecular weight excluding hydrogens is 660 g/mol. The van der Waals surface area contributed by atoms with Crippen LogP contribution in [-0.2, 0) is 41.1 Å². The van der Waals surface area contributed by atoms with Crippen LogP contribution in [0, 0.1) is 11.8 Å². The third-order valence-electron chi connectivity index (χ3n) is 5.21. The normalized spacial score (nSPS) is 22.0. The number of nitrogens with one attached hydrogen (secondary N) is 2. The second-order valence-corrected chi connectivity index (χ2v) is 12.7. The van der Waals surface area contributed by atoms with Gasteiger partial charge in [-0.1, -0.05) is 11.8 Å². The predicted molar refractivity (Wildman–Crippen MR) is 134 cm³/mol. The van der Waals surface area contributed by atoms with Gasteiger partial charge in [-0.3, -0.25) is 19.1 Å². The number of aromatic nitrogens is 3. The number of H-pyrrole nitrogens is 1. The molecule has 240 valence electrons. The summed E-state index contributed by atoms with van der Waals surface area (Å²) >= 11 is 0. The molecule has 0 radical (unpaired) electrons. The third-order valence-corrected chi connectivity index (χ3v) is 9.01. The van der Waals surface area contributed by atoms with E-state index in [2.05, 4.69) is 35.0 Å². The number of alkyl halides is 3. The Morgan fingerprint density at radius 1 is 1.26 bits per heavy atom. The minimum atomic E-state index is -5.77. The van der Waals surface area contributed by atoms with Crippen molar-refractivity contribution in [1.82, 2.24) is 19.9 Å². The molecule has 43 heavy (non-hydrogen) atoms. The Morgan fingerprint density at radius 2 is 1.93 bits per heavy atom. The summed E-state index contributed by atoms with van der Waals surface area (Å²) in [6, 6.07) is 0. The van der Waals surface area contributed by atoms with Gasteiger partial charge in [-0.2, -0.15) is 26.8 Å². The molecule has 1 amide bonds. The van der Waals surface area contributed by atoms with E-state index >= 15 is 0 Å². The second-order valence-electron chi connectivity index (χ2n) is 8.33. The van der Waals surface area contributed by atoms with Crippen molar-refractivity contribution in [3.63, 3.8) is 0 Å². The van der Waals surface area contributed by atoms with E-state index in [0.29, 0.717) is 0 Å². The molecule has 3 heterocycles. The van der Waals surface area contributed by atoms with E-state index in [1.54, 1.807) is 12.2 Å². The van der Waals surface area contributed by atoms with Crippen molar-refractivity contribution in [3.05, 3.63) is 22.1 Å². The molecule has 1 saturated heterocycles. The van der Waals surface area contributed by atoms with Crippen LogP contribution in [0.25, 0.3) is 11.0 Å². The average Bonchev–Trinajstić information content (AvgIpc) is 3.38. The second kappa shape index (κ2) is 13.2. The van der Waals surface area contributed by atoms with Crippen LogP contribution in [0.4, 0.5) is 19.1 Å². The first-order chi connectivity index (χ1) is 19.7. The molecule has 0 aromatic carbocycles. The highest BCUT2D eigenvalue weighted by Crippen LogP contribution is 2.66. The van der Waals surface area contributed by atoms with Crippen molar-refractivity contribution >= 4 is 46.4 Å². The monoisotopic (exact) mass is 683 g/mol. The zero-order chi connectivity index (χ0) is 32.4. The maximum atomic E-state index is 12.6. The van der Waals surface area contributed by atoms with Crippen molar-refractivity contribution in [2.24, 2.45) is 0 Å². The van der Waals surface area contributed by atoms with Gasteiger partial charge >= 0.3 is 35.6 Å². The van der Waals surface area contributed by atoms with Crippen LogP contribution in [0.3, 0.4) is 0 Å². The van der Waals surface area contributed by atoms with Crippen molar-refractivity contribution in [2.75, 3.05) is 25.5 Å². The minimum absolute atomic E-state index is 0.0229. The third kappa shape index (κ3) is 9.68. The minimum Gasteiger partial charge on any atom is -0.376 e. The Morgan fingerprint density at radius 3 is 2.53 bits per heavy atom. The Bertz CT molecular complexity index is 1630. The fraction of sp³-hybridized carbons (Fsp3) is 0.500. The average molecular weight is 683 g/mol. The fourth-order valence-electron chi connectivity index (χ4n) is 3.73. The smallest absolute Gasteiger partial charge is 0.376 e. The van der Waals surface area contributed by atoms with E-state index < -0.39 is 72.7 Å². The van der Waals surface area contributed by atoms with Gasteiger partial charge in [-0.25, -0.2) is 13.7 Å². The van der Waals surface area contributed by atoms with Crippen molar-refractivity contribution in [2.45, 2.75) is 38.0 Å². The fourth-order valence-corrected chi connectivity index (χ4v) is 6.76. The number of carbonyl (C=O) groups is 1. The molecule has 19 nitrogen and oxygen atoms in total. The standard InChI is InChI=1S/C18H23F3N5O14P3/c1-2-36-10-6-12(38-11(10)8-37-42(32,33)40-43(34,35)39-41(29,30)31)26-7-9(4-3-5-23-16(28)18(19,20)21)13-14(26)24-17(22)25-15(13)27/h7,10-12H,2,5-6,8H2,1H3,(H,23,28)(H,32,33)(H,34,35)(H2,29,30,31)(H3,22,24,25,27)/t10-,11?,12-/m1/s1. The molecule has 3 unspecified atom stereocenters. The van der Waals surface area contributed by atoms with E-state index in [9.17, 15) is 46.2 Å². The van der Waals surface area contributed by atoms with Gasteiger partial charge in [0.25, 0.3) is 5.56 Å². The SMILES string of the molecule is CCO[C@@H]1C[C@H](n2cc(C#CCNC(=O)C(F)(F)F)c3c(=O)[nH]c(N)nc32)OC1COP(=O)(O)OP(=O)(O)OP(=O)(O)O. The summed E-state index contributed by atoms with van der Waals surface area (Å²) in [5.41, 5.74) is 4.76. The van der Waals surface area contributed by atoms with Crippen molar-refractivity contribution in [3.8, 4) is 11.8 Å². The van der Waals surface area contributed by atoms with Gasteiger partial charge in [0.1, 0.15) is 12.3 Å². The lowest BCUT2D eigenvalue weighted by atomic mass is 10.2. The number of halogens is 3. The molecule has 25 heteroatoms. The molecule has 5 atom stereocenters. The number of nitrogen functional groups attached to an aromatic ring is 1. The zero-order valence-corrected chi connectivity index (χ0v) is 24.1. The summed E-state index contributed by atoms with van der Waals surface area (Å²) in [6.07, 6.45) is -7.03. The molecule has 8 N–H and O–H groups in total. The molecule has 1 aliphatic heterocycles. The number of carbonyl (C=O) groups excluding carboxylic acids is 1. The van der Waals surface area contributed by atoms with Gasteiger partial charge < -0.3 is 44.7 Å². The maximum absolute atomic E-state index is 12.6. The molecule has 3 rings (SSSR count). The number of phosphoric acid groups is 3. The molecule has 0 bridgehead atoms. The number of ether oxygens (including phenoxy) is 2. The number of hydrogen-bond donors (Lipinski definition) is 7. The van der Waals surface area contributed by atoms with Crippen LogP contribution < -0.4 is 16.6 Å². The Hall–Kier alpha value is -2.63. The molecule has 1 fully saturated rings. The Kier molecular flexibility index (Phi) is 10.7. The number of anilines is 1. The number of phosphoric ester groups is 1. The number of aromatic amines is 1. The number of nitrogens with two attached hydrogens (primary N) is 1. The highest BCUT2D eigenvalue weighted by atomic mass is 31.3. The van der Waals surface area contributed by atoms with Gasteiger partial charge in [0.15, 0.2) is 5.65 Å². The summed E-state index contributed by atoms with van der Waals surface area (Å²) < 4.78 is 96.3. The van der Waals surface area contributed by atoms with Gasteiger partial charge in [0.2, 0.25) is 5.95 Å². The van der Waals surface area contributed by atoms with Gasteiger partial charge in [-0.05, 0) is 6.92 Å². The number of amides is 1. The predicted octanol–water partition coefficient (Wildman–Crippen LogP) is 0.373. The van der Waals surface area contributed by atoms with Crippen molar-refractivity contribution in [1.29, 1.82) is 0 Å². The van der Waals surface area contributed by atoms with Gasteiger partial charge in [-0.15, -0.1) is 0 Å². The van der Waals surface area contributed by atoms with Crippen LogP contribution in [0.5, 0.6) is 0 Å². The lowest BCUT2D eigenvalue weighted by molar-refractivity contribution is -0.173.